The quantitative estimate of drug-likeness (QED) is 0.648. The maximum absolute atomic E-state index is 12.2. The molecule has 0 unspecified atom stereocenters. The van der Waals surface area contributed by atoms with Gasteiger partial charge in [0.2, 0.25) is 5.91 Å². The summed E-state index contributed by atoms with van der Waals surface area (Å²) >= 11 is 7.73. The number of nitrogens with one attached hydrogen (secondary N) is 2. The first kappa shape index (κ1) is 18.5. The third-order valence-electron chi connectivity index (χ3n) is 4.09. The van der Waals surface area contributed by atoms with Crippen LogP contribution in [-0.4, -0.2) is 24.5 Å². The van der Waals surface area contributed by atoms with Crippen LogP contribution in [0.4, 0.5) is 0 Å². The van der Waals surface area contributed by atoms with Crippen LogP contribution in [0.3, 0.4) is 0 Å². The smallest absolute Gasteiger partial charge is 0.251 e. The Labute approximate surface area is 160 Å². The molecule has 2 heterocycles. The van der Waals surface area contributed by atoms with Crippen LogP contribution in [0.2, 0.25) is 5.02 Å². The maximum atomic E-state index is 12.2. The fourth-order valence-electron chi connectivity index (χ4n) is 2.71. The van der Waals surface area contributed by atoms with Crippen LogP contribution in [-0.2, 0) is 17.6 Å². The Morgan fingerprint density at radius 3 is 2.88 bits per heavy atom. The van der Waals surface area contributed by atoms with Gasteiger partial charge in [0.1, 0.15) is 5.75 Å². The Bertz CT molecular complexity index is 967. The standard InChI is InChI=1S/C19H19ClN2O3S/c1-25-17-10-13-9-12(19(24)22-16(13)11-15(17)20)6-7-21-18(23)5-4-14-3-2-8-26-14/h2-3,8-11H,4-7H2,1H3,(H,21,23)(H,22,24). The normalized spacial score (nSPS) is 10.8. The molecule has 0 radical (unpaired) electrons. The molecule has 0 fully saturated rings. The molecule has 2 aromatic heterocycles. The Hall–Kier alpha value is -2.31. The summed E-state index contributed by atoms with van der Waals surface area (Å²) in [5, 5.41) is 6.15. The van der Waals surface area contributed by atoms with E-state index in [9.17, 15) is 9.59 Å². The molecule has 0 bridgehead atoms. The monoisotopic (exact) mass is 390 g/mol. The summed E-state index contributed by atoms with van der Waals surface area (Å²) < 4.78 is 5.21. The van der Waals surface area contributed by atoms with E-state index in [0.717, 1.165) is 11.8 Å². The Balaban J connectivity index is 1.61. The highest BCUT2D eigenvalue weighted by Crippen LogP contribution is 2.28. The van der Waals surface area contributed by atoms with E-state index in [2.05, 4.69) is 10.3 Å². The third kappa shape index (κ3) is 4.45. The predicted molar refractivity (Wildman–Crippen MR) is 105 cm³/mol. The van der Waals surface area contributed by atoms with Gasteiger partial charge in [-0.25, -0.2) is 0 Å². The van der Waals surface area contributed by atoms with Crippen LogP contribution in [0.25, 0.3) is 10.9 Å². The summed E-state index contributed by atoms with van der Waals surface area (Å²) in [5.41, 5.74) is 1.09. The van der Waals surface area contributed by atoms with Crippen molar-refractivity contribution >= 4 is 39.7 Å². The number of benzene rings is 1. The van der Waals surface area contributed by atoms with Crippen LogP contribution >= 0.6 is 22.9 Å². The van der Waals surface area contributed by atoms with E-state index in [0.29, 0.717) is 41.2 Å². The topological polar surface area (TPSA) is 71.2 Å². The number of thiophene rings is 1. The molecule has 136 valence electrons. The fraction of sp³-hybridized carbons (Fsp3) is 0.263. The first-order valence-corrected chi connectivity index (χ1v) is 9.51. The summed E-state index contributed by atoms with van der Waals surface area (Å²) in [6.45, 7) is 0.419. The van der Waals surface area contributed by atoms with E-state index in [1.807, 2.05) is 23.6 Å². The molecule has 3 aromatic rings. The molecule has 3 rings (SSSR count). The minimum Gasteiger partial charge on any atom is -0.495 e. The van der Waals surface area contributed by atoms with Crippen LogP contribution in [0.5, 0.6) is 5.75 Å². The molecule has 7 heteroatoms. The number of carbonyl (C=O) groups is 1. The molecule has 5 nitrogen and oxygen atoms in total. The highest BCUT2D eigenvalue weighted by atomic mass is 35.5. The van der Waals surface area contributed by atoms with Gasteiger partial charge in [0.25, 0.3) is 5.56 Å². The highest BCUT2D eigenvalue weighted by molar-refractivity contribution is 7.09. The van der Waals surface area contributed by atoms with E-state index in [1.54, 1.807) is 30.6 Å². The number of amides is 1. The lowest BCUT2D eigenvalue weighted by molar-refractivity contribution is -0.121. The van der Waals surface area contributed by atoms with Gasteiger partial charge in [0, 0.05) is 28.8 Å². The number of hydrogen-bond acceptors (Lipinski definition) is 4. The number of H-pyrrole nitrogens is 1. The first-order chi connectivity index (χ1) is 12.6. The average Bonchev–Trinajstić information content (AvgIpc) is 3.14. The van der Waals surface area contributed by atoms with Gasteiger partial charge >= 0.3 is 0 Å². The van der Waals surface area contributed by atoms with Gasteiger partial charge < -0.3 is 15.0 Å². The van der Waals surface area contributed by atoms with Gasteiger partial charge in [-0.05, 0) is 42.5 Å². The summed E-state index contributed by atoms with van der Waals surface area (Å²) in [6.07, 6.45) is 1.64. The summed E-state index contributed by atoms with van der Waals surface area (Å²) in [7, 11) is 1.55. The molecule has 0 aliphatic rings. The number of aromatic nitrogens is 1. The molecular formula is C19H19ClN2O3S. The van der Waals surface area contributed by atoms with Crippen molar-refractivity contribution in [3.63, 3.8) is 0 Å². The van der Waals surface area contributed by atoms with Crippen molar-refractivity contribution in [3.8, 4) is 5.75 Å². The molecule has 0 saturated heterocycles. The largest absolute Gasteiger partial charge is 0.495 e. The van der Waals surface area contributed by atoms with Crippen LogP contribution in [0.1, 0.15) is 16.9 Å². The molecule has 1 amide bonds. The predicted octanol–water partition coefficient (Wildman–Crippen LogP) is 3.54. The SMILES string of the molecule is COc1cc2cc(CCNC(=O)CCc3cccs3)c(=O)[nH]c2cc1Cl. The van der Waals surface area contributed by atoms with Gasteiger partial charge in [-0.15, -0.1) is 11.3 Å². The van der Waals surface area contributed by atoms with Crippen molar-refractivity contribution in [2.75, 3.05) is 13.7 Å². The number of carbonyl (C=O) groups excluding carboxylic acids is 1. The summed E-state index contributed by atoms with van der Waals surface area (Å²) in [5.74, 6) is 0.545. The zero-order valence-corrected chi connectivity index (χ0v) is 15.9. The van der Waals surface area contributed by atoms with Gasteiger partial charge in [-0.1, -0.05) is 17.7 Å². The minimum atomic E-state index is -0.174. The van der Waals surface area contributed by atoms with E-state index in [-0.39, 0.29) is 11.5 Å². The molecule has 0 atom stereocenters. The number of aryl methyl sites for hydroxylation is 1. The van der Waals surface area contributed by atoms with Crippen LogP contribution in [0, 0.1) is 0 Å². The summed E-state index contributed by atoms with van der Waals surface area (Å²) in [6, 6.07) is 9.27. The number of halogens is 1. The molecule has 0 aliphatic carbocycles. The molecule has 26 heavy (non-hydrogen) atoms. The molecule has 1 aromatic carbocycles. The zero-order chi connectivity index (χ0) is 18.5. The van der Waals surface area contributed by atoms with E-state index < -0.39 is 0 Å². The van der Waals surface area contributed by atoms with Gasteiger partial charge in [-0.3, -0.25) is 9.59 Å². The lowest BCUT2D eigenvalue weighted by Gasteiger charge is -2.08. The lowest BCUT2D eigenvalue weighted by atomic mass is 10.1. The van der Waals surface area contributed by atoms with E-state index in [1.165, 1.54) is 4.88 Å². The molecule has 0 saturated carbocycles. The maximum Gasteiger partial charge on any atom is 0.251 e. The van der Waals surface area contributed by atoms with Gasteiger partial charge in [-0.2, -0.15) is 0 Å². The third-order valence-corrected chi connectivity index (χ3v) is 5.32. The van der Waals surface area contributed by atoms with Crippen LogP contribution < -0.4 is 15.6 Å². The summed E-state index contributed by atoms with van der Waals surface area (Å²) in [4.78, 5) is 28.2. The van der Waals surface area contributed by atoms with Crippen molar-refractivity contribution in [1.29, 1.82) is 0 Å². The van der Waals surface area contributed by atoms with E-state index in [4.69, 9.17) is 16.3 Å². The Morgan fingerprint density at radius 1 is 1.31 bits per heavy atom. The van der Waals surface area contributed by atoms with Gasteiger partial charge in [0.15, 0.2) is 0 Å². The lowest BCUT2D eigenvalue weighted by Crippen LogP contribution is -2.27. The van der Waals surface area contributed by atoms with Crippen LogP contribution in [0.15, 0.2) is 40.5 Å². The molecule has 0 spiro atoms. The number of methoxy groups -OCH3 is 1. The number of pyridine rings is 1. The number of aromatic amines is 1. The number of ether oxygens (including phenoxy) is 1. The first-order valence-electron chi connectivity index (χ1n) is 8.25. The number of fused-ring (bicyclic) bond motifs is 1. The number of rotatable bonds is 7. The fourth-order valence-corrected chi connectivity index (χ4v) is 3.66. The minimum absolute atomic E-state index is 0.0101. The Morgan fingerprint density at radius 2 is 2.15 bits per heavy atom. The van der Waals surface area contributed by atoms with Crippen molar-refractivity contribution < 1.29 is 9.53 Å². The molecule has 2 N–H and O–H groups in total. The van der Waals surface area contributed by atoms with Gasteiger partial charge in [0.05, 0.1) is 17.6 Å². The van der Waals surface area contributed by atoms with E-state index >= 15 is 0 Å². The zero-order valence-electron chi connectivity index (χ0n) is 14.3. The molecule has 0 aliphatic heterocycles. The van der Waals surface area contributed by atoms with Crippen molar-refractivity contribution in [1.82, 2.24) is 10.3 Å². The second kappa shape index (κ2) is 8.38. The molecular weight excluding hydrogens is 372 g/mol. The number of hydrogen-bond donors (Lipinski definition) is 2. The van der Waals surface area contributed by atoms with Crippen molar-refractivity contribution in [3.05, 3.63) is 61.5 Å². The Kier molecular flexibility index (Phi) is 5.96. The second-order valence-electron chi connectivity index (χ2n) is 5.88. The second-order valence-corrected chi connectivity index (χ2v) is 7.32. The highest BCUT2D eigenvalue weighted by Gasteiger charge is 2.08. The average molecular weight is 391 g/mol. The van der Waals surface area contributed by atoms with Crippen molar-refractivity contribution in [2.24, 2.45) is 0 Å². The van der Waals surface area contributed by atoms with Crippen molar-refractivity contribution in [2.45, 2.75) is 19.3 Å².